The Balaban J connectivity index is 1.84. The van der Waals surface area contributed by atoms with Crippen LogP contribution in [0, 0.1) is 0 Å². The molecule has 1 aliphatic rings. The molecule has 1 aromatic heterocycles. The summed E-state index contributed by atoms with van der Waals surface area (Å²) in [5.74, 6) is 0.416. The summed E-state index contributed by atoms with van der Waals surface area (Å²) >= 11 is 0. The van der Waals surface area contributed by atoms with Crippen LogP contribution in [0.2, 0.25) is 0 Å². The second-order valence-electron chi connectivity index (χ2n) is 4.78. The van der Waals surface area contributed by atoms with Crippen LogP contribution in [0.5, 0.6) is 0 Å². The summed E-state index contributed by atoms with van der Waals surface area (Å²) in [4.78, 5) is 18.3. The van der Waals surface area contributed by atoms with E-state index in [2.05, 4.69) is 16.9 Å². The predicted molar refractivity (Wildman–Crippen MR) is 67.8 cm³/mol. The minimum atomic E-state index is 0.146. The summed E-state index contributed by atoms with van der Waals surface area (Å²) in [5.41, 5.74) is 1.10. The van der Waals surface area contributed by atoms with E-state index in [9.17, 15) is 4.79 Å². The van der Waals surface area contributed by atoms with Crippen LogP contribution in [-0.2, 0) is 11.2 Å². The maximum atomic E-state index is 11.8. The number of carbonyl (C=O) groups excluding carboxylic acids is 1. The first kappa shape index (κ1) is 12.2. The highest BCUT2D eigenvalue weighted by atomic mass is 16.1. The fourth-order valence-electron chi connectivity index (χ4n) is 2.42. The second-order valence-corrected chi connectivity index (χ2v) is 4.78. The van der Waals surface area contributed by atoms with E-state index in [1.165, 1.54) is 6.42 Å². The first-order chi connectivity index (χ1) is 8.27. The minimum absolute atomic E-state index is 0.146. The van der Waals surface area contributed by atoms with E-state index in [1.54, 1.807) is 0 Å². The van der Waals surface area contributed by atoms with Crippen molar-refractivity contribution >= 4 is 5.78 Å². The zero-order chi connectivity index (χ0) is 12.1. The normalized spacial score (nSPS) is 20.8. The number of hydrogen-bond donors (Lipinski definition) is 0. The van der Waals surface area contributed by atoms with Crippen LogP contribution < -0.4 is 0 Å². The topological polar surface area (TPSA) is 33.2 Å². The van der Waals surface area contributed by atoms with Crippen molar-refractivity contribution in [2.75, 3.05) is 13.6 Å². The van der Waals surface area contributed by atoms with E-state index >= 15 is 0 Å². The SMILES string of the molecule is CN(CCc1ccccn1)C1CCCCC1=O. The maximum absolute atomic E-state index is 11.8. The van der Waals surface area contributed by atoms with E-state index < -0.39 is 0 Å². The van der Waals surface area contributed by atoms with Gasteiger partial charge in [-0.3, -0.25) is 14.7 Å². The Bertz CT molecular complexity index is 364. The van der Waals surface area contributed by atoms with Crippen molar-refractivity contribution in [3.05, 3.63) is 30.1 Å². The lowest BCUT2D eigenvalue weighted by Crippen LogP contribution is -2.41. The zero-order valence-electron chi connectivity index (χ0n) is 10.4. The maximum Gasteiger partial charge on any atom is 0.149 e. The van der Waals surface area contributed by atoms with Gasteiger partial charge >= 0.3 is 0 Å². The fourth-order valence-corrected chi connectivity index (χ4v) is 2.42. The van der Waals surface area contributed by atoms with Gasteiger partial charge in [-0.25, -0.2) is 0 Å². The molecule has 3 heteroatoms. The van der Waals surface area contributed by atoms with Crippen molar-refractivity contribution in [3.63, 3.8) is 0 Å². The van der Waals surface area contributed by atoms with Gasteiger partial charge < -0.3 is 0 Å². The zero-order valence-corrected chi connectivity index (χ0v) is 10.4. The Morgan fingerprint density at radius 1 is 1.41 bits per heavy atom. The van der Waals surface area contributed by atoms with Crippen LogP contribution in [0.4, 0.5) is 0 Å². The molecule has 1 atom stereocenters. The highest BCUT2D eigenvalue weighted by molar-refractivity contribution is 5.84. The number of aromatic nitrogens is 1. The highest BCUT2D eigenvalue weighted by Gasteiger charge is 2.25. The predicted octanol–water partition coefficient (Wildman–Crippen LogP) is 2.07. The van der Waals surface area contributed by atoms with Crippen LogP contribution >= 0.6 is 0 Å². The van der Waals surface area contributed by atoms with E-state index in [-0.39, 0.29) is 6.04 Å². The molecular formula is C14H20N2O. The van der Waals surface area contributed by atoms with Gasteiger partial charge in [-0.05, 0) is 32.0 Å². The van der Waals surface area contributed by atoms with Crippen molar-refractivity contribution in [3.8, 4) is 0 Å². The van der Waals surface area contributed by atoms with Crippen molar-refractivity contribution < 1.29 is 4.79 Å². The molecule has 0 spiro atoms. The van der Waals surface area contributed by atoms with Gasteiger partial charge in [-0.2, -0.15) is 0 Å². The Kier molecular flexibility index (Phi) is 4.26. The highest BCUT2D eigenvalue weighted by Crippen LogP contribution is 2.18. The Hall–Kier alpha value is -1.22. The molecule has 17 heavy (non-hydrogen) atoms. The molecule has 0 amide bonds. The van der Waals surface area contributed by atoms with Crippen LogP contribution in [0.25, 0.3) is 0 Å². The molecule has 1 fully saturated rings. The molecule has 1 aromatic rings. The van der Waals surface area contributed by atoms with Crippen molar-refractivity contribution in [2.45, 2.75) is 38.1 Å². The number of likely N-dealkylation sites (N-methyl/N-ethyl adjacent to an activating group) is 1. The molecule has 0 aliphatic heterocycles. The molecule has 1 unspecified atom stereocenters. The molecule has 1 saturated carbocycles. The number of hydrogen-bond acceptors (Lipinski definition) is 3. The summed E-state index contributed by atoms with van der Waals surface area (Å²) in [6, 6.07) is 6.12. The van der Waals surface area contributed by atoms with Gasteiger partial charge in [-0.15, -0.1) is 0 Å². The van der Waals surface area contributed by atoms with E-state index in [0.29, 0.717) is 5.78 Å². The van der Waals surface area contributed by atoms with Crippen LogP contribution in [0.3, 0.4) is 0 Å². The molecule has 0 N–H and O–H groups in total. The molecule has 0 saturated heterocycles. The molecule has 92 valence electrons. The van der Waals surface area contributed by atoms with Gasteiger partial charge in [0, 0.05) is 31.3 Å². The fraction of sp³-hybridized carbons (Fsp3) is 0.571. The minimum Gasteiger partial charge on any atom is -0.298 e. The van der Waals surface area contributed by atoms with Gasteiger partial charge in [0.2, 0.25) is 0 Å². The molecule has 1 aliphatic carbocycles. The van der Waals surface area contributed by atoms with E-state index in [4.69, 9.17) is 0 Å². The van der Waals surface area contributed by atoms with Gasteiger partial charge in [-0.1, -0.05) is 12.5 Å². The third-order valence-electron chi connectivity index (χ3n) is 3.50. The largest absolute Gasteiger partial charge is 0.298 e. The first-order valence-electron chi connectivity index (χ1n) is 6.40. The van der Waals surface area contributed by atoms with E-state index in [1.807, 2.05) is 24.4 Å². The molecule has 1 heterocycles. The van der Waals surface area contributed by atoms with E-state index in [0.717, 1.165) is 37.9 Å². The first-order valence-corrected chi connectivity index (χ1v) is 6.40. The molecule has 3 nitrogen and oxygen atoms in total. The summed E-state index contributed by atoms with van der Waals surface area (Å²) in [7, 11) is 2.05. The quantitative estimate of drug-likeness (QED) is 0.796. The van der Waals surface area contributed by atoms with Crippen molar-refractivity contribution in [2.24, 2.45) is 0 Å². The smallest absolute Gasteiger partial charge is 0.149 e. The average molecular weight is 232 g/mol. The number of carbonyl (C=O) groups is 1. The van der Waals surface area contributed by atoms with Crippen LogP contribution in [0.1, 0.15) is 31.4 Å². The lowest BCUT2D eigenvalue weighted by atomic mass is 9.93. The Morgan fingerprint density at radius 3 is 3.00 bits per heavy atom. The summed E-state index contributed by atoms with van der Waals surface area (Å²) < 4.78 is 0. The van der Waals surface area contributed by atoms with Gasteiger partial charge in [0.25, 0.3) is 0 Å². The number of nitrogens with zero attached hydrogens (tertiary/aromatic N) is 2. The van der Waals surface area contributed by atoms with Gasteiger partial charge in [0.05, 0.1) is 6.04 Å². The molecule has 0 bridgehead atoms. The lowest BCUT2D eigenvalue weighted by Gasteiger charge is -2.29. The molecule has 0 aromatic carbocycles. The lowest BCUT2D eigenvalue weighted by molar-refractivity contribution is -0.125. The summed E-state index contributed by atoms with van der Waals surface area (Å²) in [6.07, 6.45) is 6.78. The molecule has 2 rings (SSSR count). The summed E-state index contributed by atoms with van der Waals surface area (Å²) in [5, 5.41) is 0. The van der Waals surface area contributed by atoms with Crippen molar-refractivity contribution in [1.29, 1.82) is 0 Å². The monoisotopic (exact) mass is 232 g/mol. The van der Waals surface area contributed by atoms with Crippen molar-refractivity contribution in [1.82, 2.24) is 9.88 Å². The third kappa shape index (κ3) is 3.37. The number of Topliss-reactive ketones (excluding diaryl/α,β-unsaturated/α-hetero) is 1. The van der Waals surface area contributed by atoms with Gasteiger partial charge in [0.15, 0.2) is 0 Å². The molecule has 0 radical (unpaired) electrons. The number of ketones is 1. The number of pyridine rings is 1. The Morgan fingerprint density at radius 2 is 2.29 bits per heavy atom. The van der Waals surface area contributed by atoms with Crippen LogP contribution in [0.15, 0.2) is 24.4 Å². The second kappa shape index (κ2) is 5.92. The summed E-state index contributed by atoms with van der Waals surface area (Å²) in [6.45, 7) is 0.910. The Labute approximate surface area is 103 Å². The van der Waals surface area contributed by atoms with Gasteiger partial charge in [0.1, 0.15) is 5.78 Å². The average Bonchev–Trinajstić information content (AvgIpc) is 2.38. The number of rotatable bonds is 4. The van der Waals surface area contributed by atoms with Crippen LogP contribution in [-0.4, -0.2) is 35.3 Å². The standard InChI is InChI=1S/C14H20N2O/c1-16(13-7-2-3-8-14(13)17)11-9-12-6-4-5-10-15-12/h4-6,10,13H,2-3,7-9,11H2,1H3. The third-order valence-corrected chi connectivity index (χ3v) is 3.50. The molecular weight excluding hydrogens is 212 g/mol.